The summed E-state index contributed by atoms with van der Waals surface area (Å²) in [6.45, 7) is 3.57. The summed E-state index contributed by atoms with van der Waals surface area (Å²) in [5.74, 6) is 0.933. The van der Waals surface area contributed by atoms with Gasteiger partial charge >= 0.3 is 0 Å². The van der Waals surface area contributed by atoms with Crippen molar-refractivity contribution >= 4 is 11.7 Å². The molecule has 0 aliphatic carbocycles. The number of pyridine rings is 1. The van der Waals surface area contributed by atoms with Crippen LogP contribution in [0, 0.1) is 0 Å². The second-order valence-electron chi connectivity index (χ2n) is 5.06. The highest BCUT2D eigenvalue weighted by atomic mass is 16.2. The van der Waals surface area contributed by atoms with Crippen molar-refractivity contribution in [3.05, 3.63) is 23.9 Å². The van der Waals surface area contributed by atoms with Gasteiger partial charge in [-0.25, -0.2) is 4.98 Å². The van der Waals surface area contributed by atoms with Crippen molar-refractivity contribution in [1.29, 1.82) is 0 Å². The fourth-order valence-electron chi connectivity index (χ4n) is 2.90. The van der Waals surface area contributed by atoms with E-state index in [1.807, 2.05) is 17.0 Å². The summed E-state index contributed by atoms with van der Waals surface area (Å²) in [5, 5.41) is 0. The minimum absolute atomic E-state index is 0.320. The number of nitrogens with zero attached hydrogens (tertiary/aromatic N) is 3. The van der Waals surface area contributed by atoms with Gasteiger partial charge in [0.05, 0.1) is 0 Å². The normalized spacial score (nSPS) is 24.3. The average Bonchev–Trinajstić information content (AvgIpc) is 2.74. The Morgan fingerprint density at radius 1 is 1.44 bits per heavy atom. The van der Waals surface area contributed by atoms with Crippen molar-refractivity contribution in [3.63, 3.8) is 0 Å². The number of carbonyl (C=O) groups is 1. The summed E-state index contributed by atoms with van der Waals surface area (Å²) < 4.78 is 0. The Labute approximate surface area is 107 Å². The Balaban J connectivity index is 1.66. The topological polar surface area (TPSA) is 62.5 Å². The van der Waals surface area contributed by atoms with Crippen LogP contribution in [0.3, 0.4) is 0 Å². The van der Waals surface area contributed by atoms with Gasteiger partial charge in [-0.1, -0.05) is 6.07 Å². The smallest absolute Gasteiger partial charge is 0.222 e. The van der Waals surface area contributed by atoms with Crippen LogP contribution in [0.5, 0.6) is 0 Å². The molecular formula is C13H18N4O. The molecule has 5 heteroatoms. The maximum absolute atomic E-state index is 11.6. The van der Waals surface area contributed by atoms with E-state index in [1.54, 1.807) is 6.20 Å². The third-order valence-electron chi connectivity index (χ3n) is 3.90. The molecule has 2 aliphatic rings. The molecule has 3 heterocycles. The molecule has 1 aromatic heterocycles. The number of carbonyl (C=O) groups excluding carboxylic acids is 1. The van der Waals surface area contributed by atoms with Gasteiger partial charge in [-0.2, -0.15) is 0 Å². The van der Waals surface area contributed by atoms with Gasteiger partial charge in [-0.05, 0) is 12.5 Å². The van der Waals surface area contributed by atoms with Gasteiger partial charge in [-0.3, -0.25) is 9.69 Å². The minimum atomic E-state index is 0.320. The van der Waals surface area contributed by atoms with E-state index in [0.29, 0.717) is 24.2 Å². The number of anilines is 1. The summed E-state index contributed by atoms with van der Waals surface area (Å²) >= 11 is 0. The largest absolute Gasteiger partial charge is 0.383 e. The van der Waals surface area contributed by atoms with E-state index >= 15 is 0 Å². The van der Waals surface area contributed by atoms with Crippen LogP contribution in [0.1, 0.15) is 18.4 Å². The van der Waals surface area contributed by atoms with Crippen LogP contribution in [-0.4, -0.2) is 46.4 Å². The number of rotatable bonds is 2. The molecule has 0 bridgehead atoms. The number of aromatic nitrogens is 1. The van der Waals surface area contributed by atoms with Gasteiger partial charge in [0.1, 0.15) is 5.82 Å². The van der Waals surface area contributed by atoms with Crippen LogP contribution in [0.25, 0.3) is 0 Å². The van der Waals surface area contributed by atoms with Crippen LogP contribution in [0.4, 0.5) is 5.82 Å². The number of nitrogen functional groups attached to an aromatic ring is 1. The van der Waals surface area contributed by atoms with E-state index in [0.717, 1.165) is 38.2 Å². The predicted molar refractivity (Wildman–Crippen MR) is 68.7 cm³/mol. The summed E-state index contributed by atoms with van der Waals surface area (Å²) in [5.41, 5.74) is 6.94. The minimum Gasteiger partial charge on any atom is -0.383 e. The van der Waals surface area contributed by atoms with Crippen LogP contribution in [-0.2, 0) is 11.3 Å². The Morgan fingerprint density at radius 3 is 3.17 bits per heavy atom. The summed E-state index contributed by atoms with van der Waals surface area (Å²) in [4.78, 5) is 20.1. The van der Waals surface area contributed by atoms with Crippen LogP contribution in [0.15, 0.2) is 18.3 Å². The molecule has 2 saturated heterocycles. The van der Waals surface area contributed by atoms with Gasteiger partial charge in [0, 0.05) is 50.4 Å². The number of hydrogen-bond acceptors (Lipinski definition) is 4. The highest BCUT2D eigenvalue weighted by molar-refractivity contribution is 5.78. The molecule has 0 radical (unpaired) electrons. The lowest BCUT2D eigenvalue weighted by atomic mass is 10.1. The first-order chi connectivity index (χ1) is 8.74. The molecule has 5 nitrogen and oxygen atoms in total. The number of fused-ring (bicyclic) bond motifs is 1. The fraction of sp³-hybridized carbons (Fsp3) is 0.538. The van der Waals surface area contributed by atoms with E-state index < -0.39 is 0 Å². The molecule has 1 atom stereocenters. The average molecular weight is 246 g/mol. The van der Waals surface area contributed by atoms with Gasteiger partial charge in [0.25, 0.3) is 0 Å². The Bertz CT molecular complexity index is 462. The van der Waals surface area contributed by atoms with Gasteiger partial charge in [0.2, 0.25) is 5.91 Å². The van der Waals surface area contributed by atoms with Gasteiger partial charge in [-0.15, -0.1) is 0 Å². The lowest BCUT2D eigenvalue weighted by Crippen LogP contribution is -2.51. The van der Waals surface area contributed by atoms with Crippen molar-refractivity contribution in [2.24, 2.45) is 0 Å². The summed E-state index contributed by atoms with van der Waals surface area (Å²) in [6, 6.07) is 4.35. The first-order valence-electron chi connectivity index (χ1n) is 6.45. The zero-order chi connectivity index (χ0) is 12.5. The third kappa shape index (κ3) is 2.06. The van der Waals surface area contributed by atoms with Gasteiger partial charge < -0.3 is 10.6 Å². The maximum Gasteiger partial charge on any atom is 0.222 e. The molecule has 3 rings (SSSR count). The molecule has 1 aromatic rings. The number of hydrogen-bond donors (Lipinski definition) is 1. The lowest BCUT2D eigenvalue weighted by Gasteiger charge is -2.37. The molecule has 2 aliphatic heterocycles. The number of nitrogens with two attached hydrogens (primary N) is 1. The van der Waals surface area contributed by atoms with E-state index in [9.17, 15) is 4.79 Å². The van der Waals surface area contributed by atoms with Crippen molar-refractivity contribution in [1.82, 2.24) is 14.8 Å². The Morgan fingerprint density at radius 2 is 2.33 bits per heavy atom. The second kappa shape index (κ2) is 4.57. The summed E-state index contributed by atoms with van der Waals surface area (Å²) in [6.07, 6.45) is 3.43. The SMILES string of the molecule is Nc1ncccc1CN1CCN2C(=O)CCC2C1. The highest BCUT2D eigenvalue weighted by Gasteiger charge is 2.35. The van der Waals surface area contributed by atoms with Crippen molar-refractivity contribution < 1.29 is 4.79 Å². The van der Waals surface area contributed by atoms with Crippen LogP contribution < -0.4 is 5.73 Å². The quantitative estimate of drug-likeness (QED) is 0.824. The predicted octanol–water partition coefficient (Wildman–Crippen LogP) is 0.470. The van der Waals surface area contributed by atoms with E-state index in [1.165, 1.54) is 0 Å². The second-order valence-corrected chi connectivity index (χ2v) is 5.06. The lowest BCUT2D eigenvalue weighted by molar-refractivity contribution is -0.130. The van der Waals surface area contributed by atoms with Crippen molar-refractivity contribution in [2.45, 2.75) is 25.4 Å². The molecular weight excluding hydrogens is 228 g/mol. The number of amides is 1. The molecule has 2 N–H and O–H groups in total. The van der Waals surface area contributed by atoms with Crippen molar-refractivity contribution in [3.8, 4) is 0 Å². The molecule has 2 fully saturated rings. The molecule has 96 valence electrons. The first-order valence-corrected chi connectivity index (χ1v) is 6.45. The molecule has 0 saturated carbocycles. The van der Waals surface area contributed by atoms with E-state index in [2.05, 4.69) is 9.88 Å². The van der Waals surface area contributed by atoms with Crippen LogP contribution >= 0.6 is 0 Å². The zero-order valence-electron chi connectivity index (χ0n) is 10.4. The number of piperazine rings is 1. The van der Waals surface area contributed by atoms with Gasteiger partial charge in [0.15, 0.2) is 0 Å². The fourth-order valence-corrected chi connectivity index (χ4v) is 2.90. The Kier molecular flexibility index (Phi) is 2.91. The first kappa shape index (κ1) is 11.5. The monoisotopic (exact) mass is 246 g/mol. The molecule has 18 heavy (non-hydrogen) atoms. The molecule has 0 spiro atoms. The van der Waals surface area contributed by atoms with Crippen LogP contribution in [0.2, 0.25) is 0 Å². The van der Waals surface area contributed by atoms with E-state index in [-0.39, 0.29) is 0 Å². The zero-order valence-corrected chi connectivity index (χ0v) is 10.4. The maximum atomic E-state index is 11.6. The molecule has 0 aromatic carbocycles. The highest BCUT2D eigenvalue weighted by Crippen LogP contribution is 2.24. The molecule has 1 unspecified atom stereocenters. The van der Waals surface area contributed by atoms with E-state index in [4.69, 9.17) is 5.73 Å². The summed E-state index contributed by atoms with van der Waals surface area (Å²) in [7, 11) is 0. The molecule has 1 amide bonds. The third-order valence-corrected chi connectivity index (χ3v) is 3.90. The standard InChI is InChI=1S/C13H18N4O/c14-13-10(2-1-5-15-13)8-16-6-7-17-11(9-16)3-4-12(17)18/h1-2,5,11H,3-4,6-9H2,(H2,14,15). The Hall–Kier alpha value is -1.62. The van der Waals surface area contributed by atoms with Crippen molar-refractivity contribution in [2.75, 3.05) is 25.4 Å².